The van der Waals surface area contributed by atoms with E-state index in [4.69, 9.17) is 0 Å². The molecule has 0 bridgehead atoms. The van der Waals surface area contributed by atoms with E-state index in [-0.39, 0.29) is 11.4 Å². The van der Waals surface area contributed by atoms with Crippen LogP contribution < -0.4 is 4.72 Å². The fourth-order valence-electron chi connectivity index (χ4n) is 1.59. The number of anilines is 1. The second-order valence-corrected chi connectivity index (χ2v) is 5.68. The standard InChI is InChI=1S/C12H9FN2O5S/c13-11-5-4-9(15(17)18)7-12(11)21(19,20)14-8-2-1-3-10(16)6-8/h1-7,14,16H. The first-order valence-electron chi connectivity index (χ1n) is 5.55. The number of rotatable bonds is 4. The minimum Gasteiger partial charge on any atom is -0.508 e. The minimum absolute atomic E-state index is 0.000839. The first-order valence-corrected chi connectivity index (χ1v) is 7.04. The summed E-state index contributed by atoms with van der Waals surface area (Å²) in [5.41, 5.74) is -0.548. The first-order chi connectivity index (χ1) is 9.79. The maximum absolute atomic E-state index is 13.6. The van der Waals surface area contributed by atoms with E-state index < -0.39 is 31.3 Å². The predicted molar refractivity (Wildman–Crippen MR) is 72.0 cm³/mol. The molecule has 0 saturated heterocycles. The Hall–Kier alpha value is -2.68. The summed E-state index contributed by atoms with van der Waals surface area (Å²) in [7, 11) is -4.36. The van der Waals surface area contributed by atoms with Gasteiger partial charge in [0.1, 0.15) is 16.5 Å². The summed E-state index contributed by atoms with van der Waals surface area (Å²) in [4.78, 5) is 8.96. The zero-order chi connectivity index (χ0) is 15.6. The number of sulfonamides is 1. The fourth-order valence-corrected chi connectivity index (χ4v) is 2.74. The molecular weight excluding hydrogens is 303 g/mol. The van der Waals surface area contributed by atoms with Gasteiger partial charge in [0.25, 0.3) is 15.7 Å². The number of nitrogens with one attached hydrogen (secondary N) is 1. The lowest BCUT2D eigenvalue weighted by Gasteiger charge is -2.09. The van der Waals surface area contributed by atoms with Crippen LogP contribution in [0, 0.1) is 15.9 Å². The molecule has 110 valence electrons. The molecule has 9 heteroatoms. The minimum atomic E-state index is -4.36. The molecule has 2 aromatic rings. The highest BCUT2D eigenvalue weighted by Gasteiger charge is 2.22. The van der Waals surface area contributed by atoms with E-state index in [0.717, 1.165) is 12.1 Å². The van der Waals surface area contributed by atoms with Crippen LogP contribution in [0.25, 0.3) is 0 Å². The number of phenolic OH excluding ortho intramolecular Hbond substituents is 1. The molecule has 0 amide bonds. The van der Waals surface area contributed by atoms with Gasteiger partial charge in [-0.1, -0.05) is 6.07 Å². The molecule has 0 unspecified atom stereocenters. The summed E-state index contributed by atoms with van der Waals surface area (Å²) in [5.74, 6) is -1.30. The number of nitrogens with zero attached hydrogens (tertiary/aromatic N) is 1. The Morgan fingerprint density at radius 3 is 2.52 bits per heavy atom. The van der Waals surface area contributed by atoms with Gasteiger partial charge >= 0.3 is 0 Å². The van der Waals surface area contributed by atoms with E-state index in [2.05, 4.69) is 0 Å². The van der Waals surface area contributed by atoms with Crippen molar-refractivity contribution in [2.45, 2.75) is 4.90 Å². The Labute approximate surface area is 118 Å². The van der Waals surface area contributed by atoms with Crippen LogP contribution in [0.2, 0.25) is 0 Å². The van der Waals surface area contributed by atoms with Crippen molar-refractivity contribution in [2.75, 3.05) is 4.72 Å². The van der Waals surface area contributed by atoms with E-state index in [1.54, 1.807) is 0 Å². The van der Waals surface area contributed by atoms with Crippen LogP contribution >= 0.6 is 0 Å². The lowest BCUT2D eigenvalue weighted by atomic mass is 10.3. The molecule has 0 saturated carbocycles. The monoisotopic (exact) mass is 312 g/mol. The zero-order valence-corrected chi connectivity index (χ0v) is 11.2. The van der Waals surface area contributed by atoms with Crippen LogP contribution in [-0.2, 0) is 10.0 Å². The normalized spacial score (nSPS) is 11.1. The summed E-state index contributed by atoms with van der Waals surface area (Å²) in [6.45, 7) is 0. The number of nitro groups is 1. The summed E-state index contributed by atoms with van der Waals surface area (Å²) in [5, 5.41) is 19.9. The maximum Gasteiger partial charge on any atom is 0.271 e. The fraction of sp³-hybridized carbons (Fsp3) is 0. The van der Waals surface area contributed by atoms with Crippen molar-refractivity contribution in [1.82, 2.24) is 0 Å². The highest BCUT2D eigenvalue weighted by Crippen LogP contribution is 2.24. The number of nitro benzene ring substituents is 1. The molecule has 2 N–H and O–H groups in total. The van der Waals surface area contributed by atoms with Crippen LogP contribution in [0.15, 0.2) is 47.4 Å². The third kappa shape index (κ3) is 3.26. The second kappa shape index (κ2) is 5.37. The van der Waals surface area contributed by atoms with Gasteiger partial charge in [-0.05, 0) is 18.2 Å². The lowest BCUT2D eigenvalue weighted by Crippen LogP contribution is -2.14. The van der Waals surface area contributed by atoms with Crippen LogP contribution in [0.1, 0.15) is 0 Å². The van der Waals surface area contributed by atoms with Crippen molar-refractivity contribution in [3.63, 3.8) is 0 Å². The van der Waals surface area contributed by atoms with E-state index in [1.807, 2.05) is 4.72 Å². The summed E-state index contributed by atoms with van der Waals surface area (Å²) in [6.07, 6.45) is 0. The predicted octanol–water partition coefficient (Wildman–Crippen LogP) is 2.24. The molecule has 0 radical (unpaired) electrons. The van der Waals surface area contributed by atoms with Crippen molar-refractivity contribution in [1.29, 1.82) is 0 Å². The van der Waals surface area contributed by atoms with E-state index in [1.165, 1.54) is 18.2 Å². The van der Waals surface area contributed by atoms with E-state index in [0.29, 0.717) is 12.1 Å². The lowest BCUT2D eigenvalue weighted by molar-refractivity contribution is -0.385. The smallest absolute Gasteiger partial charge is 0.271 e. The quantitative estimate of drug-likeness (QED) is 0.664. The Morgan fingerprint density at radius 1 is 1.19 bits per heavy atom. The molecule has 0 aromatic heterocycles. The van der Waals surface area contributed by atoms with Gasteiger partial charge in [-0.15, -0.1) is 0 Å². The van der Waals surface area contributed by atoms with Gasteiger partial charge in [0, 0.05) is 18.2 Å². The molecule has 7 nitrogen and oxygen atoms in total. The van der Waals surface area contributed by atoms with Gasteiger partial charge in [-0.25, -0.2) is 12.8 Å². The Morgan fingerprint density at radius 2 is 1.90 bits per heavy atom. The molecular formula is C12H9FN2O5S. The molecule has 2 rings (SSSR count). The largest absolute Gasteiger partial charge is 0.508 e. The van der Waals surface area contributed by atoms with E-state index >= 15 is 0 Å². The van der Waals surface area contributed by atoms with Gasteiger partial charge in [0.15, 0.2) is 0 Å². The van der Waals surface area contributed by atoms with E-state index in [9.17, 15) is 28.0 Å². The van der Waals surface area contributed by atoms with Crippen LogP contribution in [0.4, 0.5) is 15.8 Å². The van der Waals surface area contributed by atoms with Crippen LogP contribution in [0.5, 0.6) is 5.75 Å². The highest BCUT2D eigenvalue weighted by molar-refractivity contribution is 7.92. The summed E-state index contributed by atoms with van der Waals surface area (Å²) in [6, 6.07) is 7.36. The van der Waals surface area contributed by atoms with Gasteiger partial charge in [0.05, 0.1) is 10.6 Å². The molecule has 0 atom stereocenters. The number of halogens is 1. The van der Waals surface area contributed by atoms with Gasteiger partial charge in [0.2, 0.25) is 0 Å². The highest BCUT2D eigenvalue weighted by atomic mass is 32.2. The molecule has 0 fully saturated rings. The van der Waals surface area contributed by atoms with Crippen molar-refractivity contribution in [2.24, 2.45) is 0 Å². The topological polar surface area (TPSA) is 110 Å². The number of hydrogen-bond donors (Lipinski definition) is 2. The summed E-state index contributed by atoms with van der Waals surface area (Å²) >= 11 is 0. The number of benzene rings is 2. The average Bonchev–Trinajstić information content (AvgIpc) is 2.38. The van der Waals surface area contributed by atoms with Crippen LogP contribution in [0.3, 0.4) is 0 Å². The number of phenols is 1. The second-order valence-electron chi connectivity index (χ2n) is 4.03. The zero-order valence-electron chi connectivity index (χ0n) is 10.4. The molecule has 0 aliphatic heterocycles. The molecule has 0 aliphatic carbocycles. The molecule has 0 spiro atoms. The third-order valence-corrected chi connectivity index (χ3v) is 3.91. The van der Waals surface area contributed by atoms with Gasteiger partial charge < -0.3 is 5.11 Å². The van der Waals surface area contributed by atoms with Crippen molar-refractivity contribution in [3.05, 3.63) is 58.4 Å². The first kappa shape index (κ1) is 14.7. The Balaban J connectivity index is 2.44. The van der Waals surface area contributed by atoms with Crippen molar-refractivity contribution >= 4 is 21.4 Å². The molecule has 2 aromatic carbocycles. The Kier molecular flexibility index (Phi) is 3.76. The van der Waals surface area contributed by atoms with Crippen molar-refractivity contribution < 1.29 is 22.8 Å². The maximum atomic E-state index is 13.6. The number of hydrogen-bond acceptors (Lipinski definition) is 5. The molecule has 0 heterocycles. The van der Waals surface area contributed by atoms with Gasteiger partial charge in [-0.3, -0.25) is 14.8 Å². The molecule has 0 aliphatic rings. The molecule has 21 heavy (non-hydrogen) atoms. The number of aromatic hydroxyl groups is 1. The Bertz CT molecular complexity index is 807. The average molecular weight is 312 g/mol. The SMILES string of the molecule is O=[N+]([O-])c1ccc(F)c(S(=O)(=O)Nc2cccc(O)c2)c1. The van der Waals surface area contributed by atoms with Crippen molar-refractivity contribution in [3.8, 4) is 5.75 Å². The van der Waals surface area contributed by atoms with Crippen LogP contribution in [-0.4, -0.2) is 18.4 Å². The van der Waals surface area contributed by atoms with Gasteiger partial charge in [-0.2, -0.15) is 0 Å². The number of non-ortho nitro benzene ring substituents is 1. The summed E-state index contributed by atoms with van der Waals surface area (Å²) < 4.78 is 39.8. The third-order valence-electron chi connectivity index (χ3n) is 2.51.